The minimum atomic E-state index is -0.366. The van der Waals surface area contributed by atoms with Crippen molar-refractivity contribution in [3.05, 3.63) is 11.8 Å². The Morgan fingerprint density at radius 1 is 1.35 bits per heavy atom. The maximum Gasteiger partial charge on any atom is 0.247 e. The van der Waals surface area contributed by atoms with Crippen molar-refractivity contribution in [3.63, 3.8) is 0 Å². The van der Waals surface area contributed by atoms with Crippen molar-refractivity contribution in [2.24, 2.45) is 0 Å². The standard InChI is InChI=1S/C12H19N3O2/c1-12(5-2-3-7-16-12)11-15-14-10(17-11)9-4-6-13-8-9/h9,13H,2-8H2,1H3. The molecule has 1 N–H and O–H groups in total. The summed E-state index contributed by atoms with van der Waals surface area (Å²) in [6.45, 7) is 4.82. The van der Waals surface area contributed by atoms with Crippen LogP contribution in [0.3, 0.4) is 0 Å². The van der Waals surface area contributed by atoms with E-state index in [1.54, 1.807) is 0 Å². The lowest BCUT2D eigenvalue weighted by Crippen LogP contribution is -2.30. The topological polar surface area (TPSA) is 60.2 Å². The second kappa shape index (κ2) is 4.38. The summed E-state index contributed by atoms with van der Waals surface area (Å²) >= 11 is 0. The lowest BCUT2D eigenvalue weighted by atomic mass is 9.96. The third-order valence-electron chi connectivity index (χ3n) is 3.77. The number of rotatable bonds is 2. The van der Waals surface area contributed by atoms with E-state index in [-0.39, 0.29) is 5.60 Å². The predicted octanol–water partition coefficient (Wildman–Crippen LogP) is 1.56. The molecule has 5 nitrogen and oxygen atoms in total. The van der Waals surface area contributed by atoms with Gasteiger partial charge >= 0.3 is 0 Å². The molecule has 0 aliphatic carbocycles. The Labute approximate surface area is 101 Å². The Bertz CT molecular complexity index is 379. The van der Waals surface area contributed by atoms with Crippen molar-refractivity contribution in [2.75, 3.05) is 19.7 Å². The number of hydrogen-bond acceptors (Lipinski definition) is 5. The van der Waals surface area contributed by atoms with E-state index in [1.807, 2.05) is 0 Å². The van der Waals surface area contributed by atoms with Crippen molar-refractivity contribution < 1.29 is 9.15 Å². The summed E-state index contributed by atoms with van der Waals surface area (Å²) in [7, 11) is 0. The summed E-state index contributed by atoms with van der Waals surface area (Å²) in [6.07, 6.45) is 4.35. The van der Waals surface area contributed by atoms with Crippen LogP contribution in [0, 0.1) is 0 Å². The van der Waals surface area contributed by atoms with Crippen LogP contribution in [0.25, 0.3) is 0 Å². The largest absolute Gasteiger partial charge is 0.422 e. The van der Waals surface area contributed by atoms with Crippen LogP contribution in [0.4, 0.5) is 0 Å². The number of ether oxygens (including phenoxy) is 1. The molecule has 2 aliphatic heterocycles. The molecule has 0 saturated carbocycles. The maximum absolute atomic E-state index is 5.82. The van der Waals surface area contributed by atoms with Crippen LogP contribution in [-0.2, 0) is 10.3 Å². The van der Waals surface area contributed by atoms with Gasteiger partial charge in [0.15, 0.2) is 0 Å². The van der Waals surface area contributed by atoms with Gasteiger partial charge < -0.3 is 14.5 Å². The molecule has 2 fully saturated rings. The van der Waals surface area contributed by atoms with Crippen molar-refractivity contribution in [2.45, 2.75) is 44.1 Å². The molecule has 3 rings (SSSR count). The van der Waals surface area contributed by atoms with Gasteiger partial charge in [-0.05, 0) is 39.2 Å². The molecule has 0 spiro atoms. The van der Waals surface area contributed by atoms with E-state index in [4.69, 9.17) is 9.15 Å². The van der Waals surface area contributed by atoms with Crippen LogP contribution in [0.15, 0.2) is 4.42 Å². The molecule has 1 aromatic rings. The first-order valence-corrected chi connectivity index (χ1v) is 6.46. The first-order chi connectivity index (χ1) is 8.28. The van der Waals surface area contributed by atoms with Crippen molar-refractivity contribution in [3.8, 4) is 0 Å². The van der Waals surface area contributed by atoms with Gasteiger partial charge in [0.05, 0.1) is 5.92 Å². The highest BCUT2D eigenvalue weighted by Crippen LogP contribution is 2.34. The molecule has 0 radical (unpaired) electrons. The molecule has 94 valence electrons. The minimum absolute atomic E-state index is 0.366. The van der Waals surface area contributed by atoms with Gasteiger partial charge in [0, 0.05) is 13.2 Å². The molecule has 2 atom stereocenters. The fraction of sp³-hybridized carbons (Fsp3) is 0.833. The zero-order valence-electron chi connectivity index (χ0n) is 10.2. The quantitative estimate of drug-likeness (QED) is 0.846. The maximum atomic E-state index is 5.82. The molecule has 3 heterocycles. The summed E-state index contributed by atoms with van der Waals surface area (Å²) in [5.74, 6) is 1.79. The van der Waals surface area contributed by atoms with Gasteiger partial charge in [0.25, 0.3) is 0 Å². The van der Waals surface area contributed by atoms with E-state index in [2.05, 4.69) is 22.4 Å². The third kappa shape index (κ3) is 2.09. The third-order valence-corrected chi connectivity index (χ3v) is 3.77. The summed E-state index contributed by atoms with van der Waals surface area (Å²) < 4.78 is 11.6. The van der Waals surface area contributed by atoms with E-state index in [0.717, 1.165) is 44.8 Å². The molecular formula is C12H19N3O2. The average molecular weight is 237 g/mol. The average Bonchev–Trinajstić information content (AvgIpc) is 3.01. The van der Waals surface area contributed by atoms with Crippen LogP contribution < -0.4 is 5.32 Å². The van der Waals surface area contributed by atoms with Gasteiger partial charge in [0.2, 0.25) is 11.8 Å². The van der Waals surface area contributed by atoms with Gasteiger partial charge in [-0.2, -0.15) is 0 Å². The Kier molecular flexibility index (Phi) is 2.88. The molecule has 0 aromatic carbocycles. The lowest BCUT2D eigenvalue weighted by Gasteiger charge is -2.30. The summed E-state index contributed by atoms with van der Waals surface area (Å²) in [5, 5.41) is 11.7. The lowest BCUT2D eigenvalue weighted by molar-refractivity contribution is -0.0872. The molecule has 5 heteroatoms. The first-order valence-electron chi connectivity index (χ1n) is 6.46. The second-order valence-electron chi connectivity index (χ2n) is 5.17. The number of nitrogens with zero attached hydrogens (tertiary/aromatic N) is 2. The fourth-order valence-electron chi connectivity index (χ4n) is 2.58. The highest BCUT2D eigenvalue weighted by molar-refractivity contribution is 5.01. The van der Waals surface area contributed by atoms with Gasteiger partial charge in [0.1, 0.15) is 5.60 Å². The highest BCUT2D eigenvalue weighted by Gasteiger charge is 2.36. The monoisotopic (exact) mass is 237 g/mol. The molecule has 1 aromatic heterocycles. The predicted molar refractivity (Wildman–Crippen MR) is 61.7 cm³/mol. The van der Waals surface area contributed by atoms with E-state index in [1.165, 1.54) is 6.42 Å². The van der Waals surface area contributed by atoms with Gasteiger partial charge in [-0.3, -0.25) is 0 Å². The van der Waals surface area contributed by atoms with E-state index < -0.39 is 0 Å². The van der Waals surface area contributed by atoms with Crippen molar-refractivity contribution in [1.29, 1.82) is 0 Å². The molecule has 0 bridgehead atoms. The molecule has 17 heavy (non-hydrogen) atoms. The zero-order chi connectivity index (χ0) is 11.7. The van der Waals surface area contributed by atoms with Gasteiger partial charge in [-0.15, -0.1) is 10.2 Å². The molecule has 2 aliphatic rings. The van der Waals surface area contributed by atoms with Crippen LogP contribution in [0.5, 0.6) is 0 Å². The fourth-order valence-corrected chi connectivity index (χ4v) is 2.58. The van der Waals surface area contributed by atoms with Crippen LogP contribution >= 0.6 is 0 Å². The molecule has 0 amide bonds. The molecule has 2 saturated heterocycles. The van der Waals surface area contributed by atoms with Crippen molar-refractivity contribution >= 4 is 0 Å². The smallest absolute Gasteiger partial charge is 0.247 e. The number of hydrogen-bond donors (Lipinski definition) is 1. The van der Waals surface area contributed by atoms with Gasteiger partial charge in [-0.25, -0.2) is 0 Å². The van der Waals surface area contributed by atoms with Crippen LogP contribution in [0.1, 0.15) is 50.3 Å². The molecule has 2 unspecified atom stereocenters. The number of nitrogens with one attached hydrogen (secondary N) is 1. The SMILES string of the molecule is CC1(c2nnc(C3CCNC3)o2)CCCCO1. The van der Waals surface area contributed by atoms with Crippen molar-refractivity contribution in [1.82, 2.24) is 15.5 Å². The second-order valence-corrected chi connectivity index (χ2v) is 5.17. The first kappa shape index (κ1) is 11.2. The Balaban J connectivity index is 1.78. The van der Waals surface area contributed by atoms with Gasteiger partial charge in [-0.1, -0.05) is 0 Å². The summed E-state index contributed by atoms with van der Waals surface area (Å²) in [4.78, 5) is 0. The Hall–Kier alpha value is -0.940. The molecular weight excluding hydrogens is 218 g/mol. The van der Waals surface area contributed by atoms with E-state index in [9.17, 15) is 0 Å². The zero-order valence-corrected chi connectivity index (χ0v) is 10.2. The van der Waals surface area contributed by atoms with E-state index in [0.29, 0.717) is 11.8 Å². The Morgan fingerprint density at radius 2 is 2.29 bits per heavy atom. The van der Waals surface area contributed by atoms with Crippen LogP contribution in [-0.4, -0.2) is 29.9 Å². The normalized spacial score (nSPS) is 34.1. The van der Waals surface area contributed by atoms with E-state index >= 15 is 0 Å². The van der Waals surface area contributed by atoms with Crippen LogP contribution in [0.2, 0.25) is 0 Å². The number of aromatic nitrogens is 2. The summed E-state index contributed by atoms with van der Waals surface area (Å²) in [5.41, 5.74) is -0.366. The summed E-state index contributed by atoms with van der Waals surface area (Å²) in [6, 6.07) is 0. The minimum Gasteiger partial charge on any atom is -0.422 e. The highest BCUT2D eigenvalue weighted by atomic mass is 16.5. The Morgan fingerprint density at radius 3 is 3.00 bits per heavy atom.